The second-order valence-corrected chi connectivity index (χ2v) is 12.8. The number of aromatic nitrogens is 1. The lowest BCUT2D eigenvalue weighted by molar-refractivity contribution is 0.00164. The average Bonchev–Trinajstić information content (AvgIpc) is 3.68. The highest BCUT2D eigenvalue weighted by Gasteiger charge is 2.35. The first-order valence-corrected chi connectivity index (χ1v) is 16.1. The van der Waals surface area contributed by atoms with Gasteiger partial charge in [-0.1, -0.05) is 55.3 Å². The molecule has 1 aromatic heterocycles. The van der Waals surface area contributed by atoms with Gasteiger partial charge in [-0.3, -0.25) is 4.90 Å². The summed E-state index contributed by atoms with van der Waals surface area (Å²) in [5, 5.41) is 0. The van der Waals surface area contributed by atoms with E-state index in [-0.39, 0.29) is 17.9 Å². The average molecular weight is 575 g/mol. The smallest absolute Gasteiger partial charge is 0.219 e. The number of oxazole rings is 1. The quantitative estimate of drug-likeness (QED) is 0.263. The van der Waals surface area contributed by atoms with E-state index in [4.69, 9.17) is 14.1 Å². The predicted octanol–water partition coefficient (Wildman–Crippen LogP) is 6.88. The number of morpholine rings is 1. The summed E-state index contributed by atoms with van der Waals surface area (Å²) < 4.78 is 26.6. The molecule has 0 radical (unpaired) electrons. The van der Waals surface area contributed by atoms with Gasteiger partial charge in [0.2, 0.25) is 11.8 Å². The molecule has 1 saturated carbocycles. The number of hydrogen-bond acceptors (Lipinski definition) is 6. The topological polar surface area (TPSA) is 45.0 Å². The molecule has 7 heteroatoms. The van der Waals surface area contributed by atoms with E-state index in [1.54, 1.807) is 12.1 Å². The molecule has 2 unspecified atom stereocenters. The number of nitrogens with zero attached hydrogens (tertiary/aromatic N) is 4. The molecule has 0 N–H and O–H groups in total. The van der Waals surface area contributed by atoms with Crippen LogP contribution in [0.3, 0.4) is 0 Å². The van der Waals surface area contributed by atoms with Gasteiger partial charge in [-0.05, 0) is 81.3 Å². The molecule has 6 rings (SSSR count). The first-order chi connectivity index (χ1) is 20.5. The highest BCUT2D eigenvalue weighted by atomic mass is 19.1. The Kier molecular flexibility index (Phi) is 9.57. The molecule has 2 aliphatic heterocycles. The standard InChI is InChI=1S/C35H47FN4O2/c1-38(2)33(29-11-8-12-30(36)25-29)28-15-13-27(14-16-28)24-32(39-19-21-41-22-20-39)34-37-31(23-26-9-4-3-5-10-26)35(42-34)40-17-6-7-18-40/h3-5,8-12,25,27-28,32-33H,6-7,13-24H2,1-2H3. The van der Waals surface area contributed by atoms with Gasteiger partial charge in [0.25, 0.3) is 0 Å². The fraction of sp³-hybridized carbons (Fsp3) is 0.571. The third kappa shape index (κ3) is 6.90. The molecule has 2 saturated heterocycles. The summed E-state index contributed by atoms with van der Waals surface area (Å²) in [5.74, 6) is 2.87. The Balaban J connectivity index is 1.21. The van der Waals surface area contributed by atoms with Gasteiger partial charge in [-0.25, -0.2) is 9.37 Å². The minimum atomic E-state index is -0.146. The summed E-state index contributed by atoms with van der Waals surface area (Å²) >= 11 is 0. The Morgan fingerprint density at radius 1 is 0.929 bits per heavy atom. The number of rotatable bonds is 10. The monoisotopic (exact) mass is 574 g/mol. The van der Waals surface area contributed by atoms with E-state index in [2.05, 4.69) is 65.2 Å². The summed E-state index contributed by atoms with van der Waals surface area (Å²) in [6, 6.07) is 18.3. The van der Waals surface area contributed by atoms with E-state index in [1.165, 1.54) is 31.2 Å². The first-order valence-electron chi connectivity index (χ1n) is 16.1. The molecule has 3 heterocycles. The van der Waals surface area contributed by atoms with E-state index in [0.717, 1.165) is 88.1 Å². The third-order valence-corrected chi connectivity index (χ3v) is 9.71. The maximum atomic E-state index is 14.1. The second kappa shape index (κ2) is 13.7. The first kappa shape index (κ1) is 29.3. The van der Waals surface area contributed by atoms with Crippen molar-refractivity contribution in [2.75, 3.05) is 58.4 Å². The van der Waals surface area contributed by atoms with Gasteiger partial charge in [0, 0.05) is 38.6 Å². The molecule has 0 bridgehead atoms. The molecule has 2 atom stereocenters. The number of hydrogen-bond donors (Lipinski definition) is 0. The molecule has 1 aliphatic carbocycles. The van der Waals surface area contributed by atoms with Crippen LogP contribution in [-0.4, -0.2) is 68.3 Å². The SMILES string of the molecule is CN(C)C(c1cccc(F)c1)C1CCC(CC(c2nc(Cc3ccccc3)c(N3CCCC3)o2)N2CCOCC2)CC1. The van der Waals surface area contributed by atoms with Crippen molar-refractivity contribution >= 4 is 5.88 Å². The molecular weight excluding hydrogens is 527 g/mol. The maximum Gasteiger partial charge on any atom is 0.219 e. The zero-order valence-corrected chi connectivity index (χ0v) is 25.4. The van der Waals surface area contributed by atoms with Crippen LogP contribution in [-0.2, 0) is 11.2 Å². The lowest BCUT2D eigenvalue weighted by Gasteiger charge is -2.39. The van der Waals surface area contributed by atoms with Crippen LogP contribution in [0.1, 0.15) is 79.7 Å². The van der Waals surface area contributed by atoms with E-state index < -0.39 is 0 Å². The molecule has 3 aliphatic rings. The van der Waals surface area contributed by atoms with Crippen LogP contribution in [0.25, 0.3) is 0 Å². The van der Waals surface area contributed by atoms with Gasteiger partial charge in [0.05, 0.1) is 19.3 Å². The summed E-state index contributed by atoms with van der Waals surface area (Å²) in [6.45, 7) is 5.44. The second-order valence-electron chi connectivity index (χ2n) is 12.8. The van der Waals surface area contributed by atoms with Crippen LogP contribution in [0.4, 0.5) is 10.3 Å². The van der Waals surface area contributed by atoms with Gasteiger partial charge >= 0.3 is 0 Å². The van der Waals surface area contributed by atoms with Crippen LogP contribution in [0, 0.1) is 17.7 Å². The van der Waals surface area contributed by atoms with Crippen molar-refractivity contribution in [2.24, 2.45) is 11.8 Å². The van der Waals surface area contributed by atoms with Crippen LogP contribution >= 0.6 is 0 Å². The van der Waals surface area contributed by atoms with Crippen LogP contribution < -0.4 is 4.90 Å². The molecule has 42 heavy (non-hydrogen) atoms. The van der Waals surface area contributed by atoms with Gasteiger partial charge < -0.3 is 19.0 Å². The van der Waals surface area contributed by atoms with Crippen molar-refractivity contribution < 1.29 is 13.5 Å². The predicted molar refractivity (Wildman–Crippen MR) is 165 cm³/mol. The van der Waals surface area contributed by atoms with Gasteiger partial charge in [-0.2, -0.15) is 0 Å². The minimum Gasteiger partial charge on any atom is -0.423 e. The lowest BCUT2D eigenvalue weighted by atomic mass is 9.74. The highest BCUT2D eigenvalue weighted by molar-refractivity contribution is 5.44. The zero-order valence-electron chi connectivity index (χ0n) is 25.4. The molecule has 3 aromatic rings. The van der Waals surface area contributed by atoms with Crippen molar-refractivity contribution in [2.45, 2.75) is 63.5 Å². The molecule has 226 valence electrons. The van der Waals surface area contributed by atoms with Crippen LogP contribution in [0.2, 0.25) is 0 Å². The van der Waals surface area contributed by atoms with E-state index in [1.807, 2.05) is 6.07 Å². The Bertz CT molecular complexity index is 1260. The van der Waals surface area contributed by atoms with Crippen LogP contribution in [0.5, 0.6) is 0 Å². The summed E-state index contributed by atoms with van der Waals surface area (Å²) in [4.78, 5) is 12.5. The minimum absolute atomic E-state index is 0.146. The van der Waals surface area contributed by atoms with Gasteiger partial charge in [0.15, 0.2) is 0 Å². The van der Waals surface area contributed by atoms with Gasteiger partial charge in [-0.15, -0.1) is 0 Å². The van der Waals surface area contributed by atoms with Crippen molar-refractivity contribution in [3.05, 3.63) is 83.1 Å². The van der Waals surface area contributed by atoms with Crippen LogP contribution in [0.15, 0.2) is 59.0 Å². The third-order valence-electron chi connectivity index (χ3n) is 9.71. The van der Waals surface area contributed by atoms with Crippen molar-refractivity contribution in [3.8, 4) is 0 Å². The summed E-state index contributed by atoms with van der Waals surface area (Å²) in [5.41, 5.74) is 3.44. The van der Waals surface area contributed by atoms with E-state index >= 15 is 0 Å². The number of anilines is 1. The largest absolute Gasteiger partial charge is 0.423 e. The summed E-state index contributed by atoms with van der Waals surface area (Å²) in [7, 11) is 4.26. The number of halogens is 1. The Hall–Kier alpha value is -2.74. The highest BCUT2D eigenvalue weighted by Crippen LogP contribution is 2.43. The fourth-order valence-corrected chi connectivity index (χ4v) is 7.61. The molecule has 0 amide bonds. The molecule has 3 fully saturated rings. The fourth-order valence-electron chi connectivity index (χ4n) is 7.61. The van der Waals surface area contributed by atoms with Crippen molar-refractivity contribution in [1.29, 1.82) is 0 Å². The maximum absolute atomic E-state index is 14.1. The van der Waals surface area contributed by atoms with E-state index in [0.29, 0.717) is 11.8 Å². The molecule has 2 aromatic carbocycles. The normalized spacial score (nSPS) is 23.4. The number of benzene rings is 2. The molecule has 0 spiro atoms. The summed E-state index contributed by atoms with van der Waals surface area (Å²) in [6.07, 6.45) is 8.95. The number of ether oxygens (including phenoxy) is 1. The van der Waals surface area contributed by atoms with E-state index in [9.17, 15) is 4.39 Å². The van der Waals surface area contributed by atoms with Gasteiger partial charge in [0.1, 0.15) is 11.5 Å². The van der Waals surface area contributed by atoms with Crippen molar-refractivity contribution in [1.82, 2.24) is 14.8 Å². The Morgan fingerprint density at radius 2 is 1.67 bits per heavy atom. The zero-order chi connectivity index (χ0) is 28.9. The molecular formula is C35H47FN4O2. The van der Waals surface area contributed by atoms with Crippen molar-refractivity contribution in [3.63, 3.8) is 0 Å². The lowest BCUT2D eigenvalue weighted by Crippen LogP contribution is -2.40. The Morgan fingerprint density at radius 3 is 2.36 bits per heavy atom. The Labute approximate surface area is 250 Å². The molecule has 6 nitrogen and oxygen atoms in total.